The van der Waals surface area contributed by atoms with Crippen LogP contribution in [0.5, 0.6) is 5.75 Å². The van der Waals surface area contributed by atoms with E-state index in [1.807, 2.05) is 13.8 Å². The molecule has 1 aromatic carbocycles. The summed E-state index contributed by atoms with van der Waals surface area (Å²) in [5.74, 6) is 0.795. The first-order valence-electron chi connectivity index (χ1n) is 5.31. The smallest absolute Gasteiger partial charge is 0.126 e. The van der Waals surface area contributed by atoms with Crippen molar-refractivity contribution in [3.05, 3.63) is 29.1 Å². The van der Waals surface area contributed by atoms with Gasteiger partial charge >= 0.3 is 0 Å². The number of benzene rings is 1. The predicted octanol–water partition coefficient (Wildman–Crippen LogP) is 2.21. The molecular weight excluding hydrogens is 193 g/mol. The van der Waals surface area contributed by atoms with E-state index in [1.165, 1.54) is 6.07 Å². The van der Waals surface area contributed by atoms with Crippen molar-refractivity contribution in [2.75, 3.05) is 6.54 Å². The highest BCUT2D eigenvalue weighted by atomic mass is 19.1. The van der Waals surface area contributed by atoms with E-state index in [9.17, 15) is 4.39 Å². The van der Waals surface area contributed by atoms with Crippen molar-refractivity contribution in [3.8, 4) is 5.75 Å². The molecule has 0 amide bonds. The molecule has 15 heavy (non-hydrogen) atoms. The standard InChI is InChI=1S/C12H16FNO/c1-7(6-14)11-5-10(13)4-9-3-8(2)15-12(9)11/h4-5,7-8H,3,6,14H2,1-2H3. The fourth-order valence-corrected chi connectivity index (χ4v) is 2.01. The van der Waals surface area contributed by atoms with Gasteiger partial charge in [0.15, 0.2) is 0 Å². The summed E-state index contributed by atoms with van der Waals surface area (Å²) in [6, 6.07) is 3.10. The maximum Gasteiger partial charge on any atom is 0.126 e. The van der Waals surface area contributed by atoms with Gasteiger partial charge < -0.3 is 10.5 Å². The van der Waals surface area contributed by atoms with Gasteiger partial charge in [-0.2, -0.15) is 0 Å². The molecule has 1 heterocycles. The monoisotopic (exact) mass is 209 g/mol. The minimum Gasteiger partial charge on any atom is -0.490 e. The van der Waals surface area contributed by atoms with Crippen LogP contribution in [0.1, 0.15) is 30.9 Å². The lowest BCUT2D eigenvalue weighted by atomic mass is 9.97. The molecule has 0 fully saturated rings. The summed E-state index contributed by atoms with van der Waals surface area (Å²) in [6.07, 6.45) is 0.933. The lowest BCUT2D eigenvalue weighted by Gasteiger charge is -2.14. The molecule has 0 bridgehead atoms. The lowest BCUT2D eigenvalue weighted by Crippen LogP contribution is -2.11. The van der Waals surface area contributed by atoms with Crippen molar-refractivity contribution in [3.63, 3.8) is 0 Å². The van der Waals surface area contributed by atoms with Crippen LogP contribution >= 0.6 is 0 Å². The molecule has 3 heteroatoms. The van der Waals surface area contributed by atoms with Gasteiger partial charge in [-0.1, -0.05) is 6.92 Å². The van der Waals surface area contributed by atoms with Crippen LogP contribution in [-0.4, -0.2) is 12.6 Å². The lowest BCUT2D eigenvalue weighted by molar-refractivity contribution is 0.251. The molecular formula is C12H16FNO. The number of hydrogen-bond acceptors (Lipinski definition) is 2. The molecule has 0 radical (unpaired) electrons. The molecule has 2 rings (SSSR count). The van der Waals surface area contributed by atoms with Crippen LogP contribution in [0, 0.1) is 5.82 Å². The van der Waals surface area contributed by atoms with Crippen molar-refractivity contribution >= 4 is 0 Å². The summed E-state index contributed by atoms with van der Waals surface area (Å²) >= 11 is 0. The van der Waals surface area contributed by atoms with Gasteiger partial charge in [0.1, 0.15) is 17.7 Å². The number of hydrogen-bond donors (Lipinski definition) is 1. The Kier molecular flexibility index (Phi) is 2.65. The molecule has 2 N–H and O–H groups in total. The zero-order valence-corrected chi connectivity index (χ0v) is 9.09. The van der Waals surface area contributed by atoms with Crippen LogP contribution in [0.25, 0.3) is 0 Å². The van der Waals surface area contributed by atoms with Crippen molar-refractivity contribution in [2.24, 2.45) is 5.73 Å². The largest absolute Gasteiger partial charge is 0.490 e. The SMILES string of the molecule is CC1Cc2cc(F)cc(C(C)CN)c2O1. The molecule has 1 aliphatic heterocycles. The highest BCUT2D eigenvalue weighted by Crippen LogP contribution is 2.37. The van der Waals surface area contributed by atoms with Gasteiger partial charge in [0, 0.05) is 17.5 Å². The Balaban J connectivity index is 2.47. The van der Waals surface area contributed by atoms with Crippen molar-refractivity contribution in [2.45, 2.75) is 32.3 Å². The summed E-state index contributed by atoms with van der Waals surface area (Å²) in [5, 5.41) is 0. The fourth-order valence-electron chi connectivity index (χ4n) is 2.01. The number of fused-ring (bicyclic) bond motifs is 1. The summed E-state index contributed by atoms with van der Waals surface area (Å²) in [5.41, 5.74) is 7.47. The third-order valence-electron chi connectivity index (χ3n) is 2.87. The van der Waals surface area contributed by atoms with Crippen molar-refractivity contribution in [1.29, 1.82) is 0 Å². The minimum absolute atomic E-state index is 0.139. The average molecular weight is 209 g/mol. The molecule has 2 nitrogen and oxygen atoms in total. The topological polar surface area (TPSA) is 35.2 Å². The fraction of sp³-hybridized carbons (Fsp3) is 0.500. The molecule has 1 aliphatic rings. The van der Waals surface area contributed by atoms with Crippen molar-refractivity contribution < 1.29 is 9.13 Å². The van der Waals surface area contributed by atoms with Gasteiger partial charge in [-0.25, -0.2) is 4.39 Å². The summed E-state index contributed by atoms with van der Waals surface area (Å²) < 4.78 is 19.0. The Labute approximate surface area is 89.2 Å². The second-order valence-corrected chi connectivity index (χ2v) is 4.25. The summed E-state index contributed by atoms with van der Waals surface area (Å²) in [7, 11) is 0. The Hall–Kier alpha value is -1.09. The third-order valence-corrected chi connectivity index (χ3v) is 2.87. The van der Waals surface area contributed by atoms with Gasteiger partial charge in [-0.3, -0.25) is 0 Å². The van der Waals surface area contributed by atoms with Gasteiger partial charge in [0.05, 0.1) is 0 Å². The number of ether oxygens (including phenoxy) is 1. The summed E-state index contributed by atoms with van der Waals surface area (Å²) in [6.45, 7) is 4.49. The Bertz CT molecular complexity index is 378. The van der Waals surface area contributed by atoms with Gasteiger partial charge in [0.25, 0.3) is 0 Å². The Morgan fingerprint density at radius 1 is 1.60 bits per heavy atom. The first kappa shape index (κ1) is 10.4. The van der Waals surface area contributed by atoms with E-state index in [0.29, 0.717) is 6.54 Å². The van der Waals surface area contributed by atoms with E-state index in [4.69, 9.17) is 10.5 Å². The quantitative estimate of drug-likeness (QED) is 0.810. The third kappa shape index (κ3) is 1.84. The highest BCUT2D eigenvalue weighted by Gasteiger charge is 2.24. The highest BCUT2D eigenvalue weighted by molar-refractivity contribution is 5.46. The normalized spacial score (nSPS) is 20.9. The molecule has 0 spiro atoms. The van der Waals surface area contributed by atoms with Gasteiger partial charge in [-0.15, -0.1) is 0 Å². The van der Waals surface area contributed by atoms with E-state index < -0.39 is 0 Å². The second-order valence-electron chi connectivity index (χ2n) is 4.25. The molecule has 82 valence electrons. The second kappa shape index (κ2) is 3.81. The van der Waals surface area contributed by atoms with Crippen LogP contribution in [0.3, 0.4) is 0 Å². The Morgan fingerprint density at radius 3 is 3.00 bits per heavy atom. The van der Waals surface area contributed by atoms with Gasteiger partial charge in [-0.05, 0) is 31.5 Å². The Morgan fingerprint density at radius 2 is 2.33 bits per heavy atom. The molecule has 2 unspecified atom stereocenters. The maximum absolute atomic E-state index is 13.3. The molecule has 0 aromatic heterocycles. The van der Waals surface area contributed by atoms with Crippen LogP contribution in [0.2, 0.25) is 0 Å². The van der Waals surface area contributed by atoms with Gasteiger partial charge in [0.2, 0.25) is 0 Å². The van der Waals surface area contributed by atoms with E-state index in [0.717, 1.165) is 23.3 Å². The van der Waals surface area contributed by atoms with Crippen molar-refractivity contribution in [1.82, 2.24) is 0 Å². The summed E-state index contributed by atoms with van der Waals surface area (Å²) in [4.78, 5) is 0. The molecule has 2 atom stereocenters. The number of nitrogens with two attached hydrogens (primary N) is 1. The van der Waals surface area contributed by atoms with Crippen LogP contribution in [0.4, 0.5) is 4.39 Å². The average Bonchev–Trinajstić information content (AvgIpc) is 2.55. The molecule has 1 aromatic rings. The first-order chi connectivity index (χ1) is 7.11. The first-order valence-corrected chi connectivity index (χ1v) is 5.31. The van der Waals surface area contributed by atoms with Crippen LogP contribution in [0.15, 0.2) is 12.1 Å². The van der Waals surface area contributed by atoms with E-state index in [2.05, 4.69) is 0 Å². The predicted molar refractivity (Wildman–Crippen MR) is 57.7 cm³/mol. The molecule has 0 saturated carbocycles. The molecule has 0 saturated heterocycles. The zero-order chi connectivity index (χ0) is 11.0. The number of rotatable bonds is 2. The zero-order valence-electron chi connectivity index (χ0n) is 9.09. The van der Waals surface area contributed by atoms with E-state index in [-0.39, 0.29) is 17.8 Å². The number of halogens is 1. The van der Waals surface area contributed by atoms with E-state index in [1.54, 1.807) is 6.07 Å². The minimum atomic E-state index is -0.193. The van der Waals surface area contributed by atoms with Crippen LogP contribution in [-0.2, 0) is 6.42 Å². The van der Waals surface area contributed by atoms with E-state index >= 15 is 0 Å². The maximum atomic E-state index is 13.3. The molecule has 0 aliphatic carbocycles. The van der Waals surface area contributed by atoms with Crippen LogP contribution < -0.4 is 10.5 Å².